The van der Waals surface area contributed by atoms with Crippen molar-refractivity contribution in [2.45, 2.75) is 46.1 Å². The molecule has 0 aliphatic carbocycles. The molecule has 3 heteroatoms. The summed E-state index contributed by atoms with van der Waals surface area (Å²) in [5, 5.41) is 8.71. The minimum absolute atomic E-state index is 0.149. The van der Waals surface area contributed by atoms with E-state index in [0.717, 1.165) is 6.42 Å². The van der Waals surface area contributed by atoms with E-state index in [9.17, 15) is 4.79 Å². The summed E-state index contributed by atoms with van der Waals surface area (Å²) in [5.41, 5.74) is 4.64. The van der Waals surface area contributed by atoms with Crippen molar-refractivity contribution < 1.29 is 9.90 Å². The molecule has 0 aromatic rings. The fourth-order valence-electron chi connectivity index (χ4n) is 0.742. The molecule has 3 nitrogen and oxygen atoms in total. The van der Waals surface area contributed by atoms with E-state index in [1.807, 2.05) is 0 Å². The maximum atomic E-state index is 10.6. The van der Waals surface area contributed by atoms with Gasteiger partial charge in [0.05, 0.1) is 0 Å². The van der Waals surface area contributed by atoms with Crippen LogP contribution in [0.5, 0.6) is 0 Å². The number of nitrogens with two attached hydrogens (primary N) is 1. The van der Waals surface area contributed by atoms with E-state index in [1.54, 1.807) is 6.92 Å². The lowest BCUT2D eigenvalue weighted by molar-refractivity contribution is -0.143. The van der Waals surface area contributed by atoms with Crippen LogP contribution in [-0.4, -0.2) is 16.6 Å². The maximum Gasteiger partial charge on any atom is 0.323 e. The van der Waals surface area contributed by atoms with Gasteiger partial charge in [0.25, 0.3) is 0 Å². The van der Waals surface area contributed by atoms with Crippen molar-refractivity contribution in [3.63, 3.8) is 0 Å². The minimum atomic E-state index is -1.08. The Morgan fingerprint density at radius 3 is 1.92 bits per heavy atom. The summed E-state index contributed by atoms with van der Waals surface area (Å²) in [6.45, 7) is 7.78. The second kappa shape index (κ2) is 3.44. The average molecular weight is 173 g/mol. The summed E-state index contributed by atoms with van der Waals surface area (Å²) in [6, 6.07) is 0. The van der Waals surface area contributed by atoms with E-state index in [1.165, 1.54) is 0 Å². The van der Waals surface area contributed by atoms with Crippen LogP contribution in [0.3, 0.4) is 0 Å². The van der Waals surface area contributed by atoms with Crippen molar-refractivity contribution in [3.8, 4) is 0 Å². The topological polar surface area (TPSA) is 63.3 Å². The third kappa shape index (κ3) is 4.34. The molecule has 0 heterocycles. The van der Waals surface area contributed by atoms with E-state index in [4.69, 9.17) is 10.8 Å². The van der Waals surface area contributed by atoms with Crippen molar-refractivity contribution in [1.29, 1.82) is 0 Å². The van der Waals surface area contributed by atoms with E-state index in [-0.39, 0.29) is 5.41 Å². The molecular formula is C9H19NO2. The van der Waals surface area contributed by atoms with E-state index in [2.05, 4.69) is 20.8 Å². The van der Waals surface area contributed by atoms with Crippen LogP contribution in [0.1, 0.15) is 40.5 Å². The third-order valence-corrected chi connectivity index (χ3v) is 1.88. The van der Waals surface area contributed by atoms with Crippen molar-refractivity contribution in [2.75, 3.05) is 0 Å². The molecule has 0 radical (unpaired) electrons. The summed E-state index contributed by atoms with van der Waals surface area (Å²) in [6.07, 6.45) is 1.35. The van der Waals surface area contributed by atoms with Gasteiger partial charge in [-0.25, -0.2) is 0 Å². The molecule has 0 fully saturated rings. The summed E-state index contributed by atoms with van der Waals surface area (Å²) >= 11 is 0. The second-order valence-electron chi connectivity index (χ2n) is 4.78. The Morgan fingerprint density at radius 2 is 1.67 bits per heavy atom. The highest BCUT2D eigenvalue weighted by Gasteiger charge is 2.29. The van der Waals surface area contributed by atoms with Gasteiger partial charge in [-0.3, -0.25) is 4.79 Å². The van der Waals surface area contributed by atoms with E-state index in [0.29, 0.717) is 6.42 Å². The predicted molar refractivity (Wildman–Crippen MR) is 48.9 cm³/mol. The molecule has 0 spiro atoms. The first-order chi connectivity index (χ1) is 5.15. The highest BCUT2D eigenvalue weighted by atomic mass is 16.4. The lowest BCUT2D eigenvalue weighted by atomic mass is 9.84. The Morgan fingerprint density at radius 1 is 1.25 bits per heavy atom. The lowest BCUT2D eigenvalue weighted by Gasteiger charge is -2.24. The largest absolute Gasteiger partial charge is 0.480 e. The van der Waals surface area contributed by atoms with E-state index < -0.39 is 11.5 Å². The highest BCUT2D eigenvalue weighted by Crippen LogP contribution is 2.24. The van der Waals surface area contributed by atoms with Crippen LogP contribution in [0.25, 0.3) is 0 Å². The first kappa shape index (κ1) is 11.4. The molecule has 0 bridgehead atoms. The van der Waals surface area contributed by atoms with Crippen LogP contribution in [0, 0.1) is 5.41 Å². The van der Waals surface area contributed by atoms with Crippen molar-refractivity contribution in [2.24, 2.45) is 11.1 Å². The smallest absolute Gasteiger partial charge is 0.323 e. The molecule has 72 valence electrons. The standard InChI is InChI=1S/C9H19NO2/c1-8(2,3)5-6-9(4,10)7(11)12/h5-6,10H2,1-4H3,(H,11,12)/t9-/m1/s1. The minimum Gasteiger partial charge on any atom is -0.480 e. The zero-order valence-corrected chi connectivity index (χ0v) is 8.35. The first-order valence-corrected chi connectivity index (χ1v) is 4.17. The van der Waals surface area contributed by atoms with Crippen molar-refractivity contribution >= 4 is 5.97 Å². The fourth-order valence-corrected chi connectivity index (χ4v) is 0.742. The van der Waals surface area contributed by atoms with Gasteiger partial charge in [-0.1, -0.05) is 20.8 Å². The predicted octanol–water partition coefficient (Wildman–Crippen LogP) is 1.61. The summed E-state index contributed by atoms with van der Waals surface area (Å²) in [7, 11) is 0. The van der Waals surface area contributed by atoms with Gasteiger partial charge in [-0.2, -0.15) is 0 Å². The molecule has 0 saturated heterocycles. The zero-order chi connectivity index (χ0) is 9.99. The summed E-state index contributed by atoms with van der Waals surface area (Å²) in [5.74, 6) is -0.924. The van der Waals surface area contributed by atoms with Crippen LogP contribution in [-0.2, 0) is 4.79 Å². The lowest BCUT2D eigenvalue weighted by Crippen LogP contribution is -2.45. The Bertz CT molecular complexity index is 168. The Hall–Kier alpha value is -0.570. The molecule has 3 N–H and O–H groups in total. The van der Waals surface area contributed by atoms with Crippen molar-refractivity contribution in [3.05, 3.63) is 0 Å². The van der Waals surface area contributed by atoms with Crippen LogP contribution in [0.15, 0.2) is 0 Å². The molecule has 0 aromatic heterocycles. The monoisotopic (exact) mass is 173 g/mol. The summed E-state index contributed by atoms with van der Waals surface area (Å²) in [4.78, 5) is 10.6. The normalized spacial score (nSPS) is 17.1. The average Bonchev–Trinajstić information content (AvgIpc) is 1.82. The van der Waals surface area contributed by atoms with Crippen molar-refractivity contribution in [1.82, 2.24) is 0 Å². The maximum absolute atomic E-state index is 10.6. The fraction of sp³-hybridized carbons (Fsp3) is 0.889. The Balaban J connectivity index is 4.01. The number of carboxylic acid groups (broad SMARTS) is 1. The molecule has 0 aliphatic heterocycles. The SMILES string of the molecule is CC(C)(C)CC[C@@](C)(N)C(=O)O. The Kier molecular flexibility index (Phi) is 3.27. The number of aliphatic carboxylic acids is 1. The first-order valence-electron chi connectivity index (χ1n) is 4.17. The molecule has 0 aromatic carbocycles. The quantitative estimate of drug-likeness (QED) is 0.681. The van der Waals surface area contributed by atoms with Crippen LogP contribution >= 0.6 is 0 Å². The van der Waals surface area contributed by atoms with Gasteiger partial charge in [0, 0.05) is 0 Å². The third-order valence-electron chi connectivity index (χ3n) is 1.88. The molecule has 0 saturated carbocycles. The second-order valence-corrected chi connectivity index (χ2v) is 4.78. The van der Waals surface area contributed by atoms with Gasteiger partial charge in [0.1, 0.15) is 5.54 Å². The Labute approximate surface area is 74.0 Å². The number of rotatable bonds is 3. The zero-order valence-electron chi connectivity index (χ0n) is 8.35. The van der Waals surface area contributed by atoms with Gasteiger partial charge in [-0.05, 0) is 25.2 Å². The van der Waals surface area contributed by atoms with Gasteiger partial charge < -0.3 is 10.8 Å². The van der Waals surface area contributed by atoms with Crippen LogP contribution < -0.4 is 5.73 Å². The van der Waals surface area contributed by atoms with Gasteiger partial charge in [0.2, 0.25) is 0 Å². The molecule has 0 rings (SSSR count). The number of carboxylic acids is 1. The van der Waals surface area contributed by atoms with Crippen LogP contribution in [0.4, 0.5) is 0 Å². The highest BCUT2D eigenvalue weighted by molar-refractivity contribution is 5.77. The number of carbonyl (C=O) groups is 1. The molecule has 0 aliphatic rings. The van der Waals surface area contributed by atoms with Gasteiger partial charge >= 0.3 is 5.97 Å². The summed E-state index contributed by atoms with van der Waals surface area (Å²) < 4.78 is 0. The molecular weight excluding hydrogens is 154 g/mol. The molecule has 1 atom stereocenters. The van der Waals surface area contributed by atoms with Gasteiger partial charge in [0.15, 0.2) is 0 Å². The molecule has 0 unspecified atom stereocenters. The molecule has 12 heavy (non-hydrogen) atoms. The molecule has 0 amide bonds. The number of hydrogen-bond acceptors (Lipinski definition) is 2. The van der Waals surface area contributed by atoms with Crippen LogP contribution in [0.2, 0.25) is 0 Å². The van der Waals surface area contributed by atoms with E-state index >= 15 is 0 Å². The van der Waals surface area contributed by atoms with Gasteiger partial charge in [-0.15, -0.1) is 0 Å². The number of hydrogen-bond donors (Lipinski definition) is 2.